The van der Waals surface area contributed by atoms with E-state index in [0.717, 1.165) is 21.9 Å². The van der Waals surface area contributed by atoms with Gasteiger partial charge in [0.25, 0.3) is 0 Å². The van der Waals surface area contributed by atoms with Crippen molar-refractivity contribution in [2.24, 2.45) is 0 Å². The first-order valence-corrected chi connectivity index (χ1v) is 14.8. The summed E-state index contributed by atoms with van der Waals surface area (Å²) in [5.74, 6) is 0. The minimum atomic E-state index is 0.922. The van der Waals surface area contributed by atoms with Gasteiger partial charge in [0.05, 0.1) is 0 Å². The molecular formula is C36H27B5O. The van der Waals surface area contributed by atoms with Crippen LogP contribution >= 0.6 is 0 Å². The molecule has 8 aromatic rings. The molecule has 0 radical (unpaired) electrons. The van der Waals surface area contributed by atoms with Crippen molar-refractivity contribution in [3.05, 3.63) is 103 Å². The highest BCUT2D eigenvalue weighted by molar-refractivity contribution is 6.69. The molecule has 7 aromatic carbocycles. The monoisotopic (exact) mass is 530 g/mol. The van der Waals surface area contributed by atoms with Crippen molar-refractivity contribution in [2.45, 2.75) is 0 Å². The van der Waals surface area contributed by atoms with E-state index in [4.69, 9.17) is 4.42 Å². The first kappa shape index (κ1) is 25.2. The number of benzene rings is 7. The highest BCUT2D eigenvalue weighted by atomic mass is 16.3. The van der Waals surface area contributed by atoms with Crippen molar-refractivity contribution in [3.8, 4) is 22.3 Å². The Morgan fingerprint density at radius 1 is 0.357 bits per heavy atom. The molecule has 0 aliphatic carbocycles. The molecule has 0 atom stereocenters. The zero-order chi connectivity index (χ0) is 28.7. The molecule has 0 N–H and O–H groups in total. The third-order valence-corrected chi connectivity index (χ3v) is 9.81. The van der Waals surface area contributed by atoms with Crippen LogP contribution in [-0.2, 0) is 0 Å². The van der Waals surface area contributed by atoms with Crippen molar-refractivity contribution in [1.29, 1.82) is 0 Å². The van der Waals surface area contributed by atoms with E-state index in [1.165, 1.54) is 81.9 Å². The van der Waals surface area contributed by atoms with Crippen molar-refractivity contribution < 1.29 is 4.42 Å². The van der Waals surface area contributed by atoms with Gasteiger partial charge in [-0.1, -0.05) is 89.8 Å². The fourth-order valence-electron chi connectivity index (χ4n) is 7.20. The SMILES string of the molecule is Bc1c(B)c(B)c(-c2c3ccccc3c(-c3ccc4oc5cc6ccccc6cc5c4c3)c3ccccc23)c(B)c1B. The Hall–Kier alpha value is -4.56. The minimum absolute atomic E-state index is 0.922. The van der Waals surface area contributed by atoms with Crippen LogP contribution in [0.5, 0.6) is 0 Å². The summed E-state index contributed by atoms with van der Waals surface area (Å²) in [5, 5.41) is 9.88. The lowest BCUT2D eigenvalue weighted by Gasteiger charge is -2.24. The van der Waals surface area contributed by atoms with E-state index >= 15 is 0 Å². The number of hydrogen-bond acceptors (Lipinski definition) is 1. The van der Waals surface area contributed by atoms with Gasteiger partial charge < -0.3 is 4.42 Å². The molecule has 8 rings (SSSR count). The zero-order valence-corrected chi connectivity index (χ0v) is 24.7. The average Bonchev–Trinajstić information content (AvgIpc) is 3.38. The van der Waals surface area contributed by atoms with Gasteiger partial charge in [-0.2, -0.15) is 0 Å². The molecule has 0 spiro atoms. The molecule has 1 aromatic heterocycles. The normalized spacial score (nSPS) is 11.8. The molecule has 6 heteroatoms. The molecule has 0 aliphatic rings. The topological polar surface area (TPSA) is 13.1 Å². The summed E-state index contributed by atoms with van der Waals surface area (Å²) in [7, 11) is 11.4. The Labute approximate surface area is 250 Å². The predicted molar refractivity (Wildman–Crippen MR) is 198 cm³/mol. The first-order valence-electron chi connectivity index (χ1n) is 14.8. The molecule has 0 amide bonds. The van der Waals surface area contributed by atoms with Crippen LogP contribution in [0.15, 0.2) is 108 Å². The van der Waals surface area contributed by atoms with E-state index in [0.29, 0.717) is 0 Å². The molecule has 192 valence electrons. The van der Waals surface area contributed by atoms with Gasteiger partial charge in [0, 0.05) is 10.8 Å². The molecule has 1 nitrogen and oxygen atoms in total. The number of furan rings is 1. The summed E-state index contributed by atoms with van der Waals surface area (Å²) in [4.78, 5) is 0. The van der Waals surface area contributed by atoms with E-state index in [2.05, 4.69) is 142 Å². The summed E-state index contributed by atoms with van der Waals surface area (Å²) >= 11 is 0. The predicted octanol–water partition coefficient (Wildman–Crippen LogP) is 1.67. The van der Waals surface area contributed by atoms with E-state index in [9.17, 15) is 0 Å². The van der Waals surface area contributed by atoms with Crippen molar-refractivity contribution in [1.82, 2.24) is 0 Å². The average molecular weight is 530 g/mol. The third kappa shape index (κ3) is 3.51. The molecule has 0 bridgehead atoms. The van der Waals surface area contributed by atoms with E-state index in [1.54, 1.807) is 0 Å². The maximum absolute atomic E-state index is 6.36. The largest absolute Gasteiger partial charge is 0.456 e. The number of hydrogen-bond donors (Lipinski definition) is 0. The van der Waals surface area contributed by atoms with E-state index in [1.807, 2.05) is 0 Å². The van der Waals surface area contributed by atoms with Crippen LogP contribution in [0.25, 0.3) is 76.5 Å². The quantitative estimate of drug-likeness (QED) is 0.245. The van der Waals surface area contributed by atoms with Gasteiger partial charge in [-0.05, 0) is 78.8 Å². The summed E-state index contributed by atoms with van der Waals surface area (Å²) in [6.45, 7) is 0. The Morgan fingerprint density at radius 2 is 0.833 bits per heavy atom. The zero-order valence-electron chi connectivity index (χ0n) is 24.7. The number of fused-ring (bicyclic) bond motifs is 6. The third-order valence-electron chi connectivity index (χ3n) is 9.81. The molecule has 0 aliphatic heterocycles. The van der Waals surface area contributed by atoms with Crippen molar-refractivity contribution in [2.75, 3.05) is 0 Å². The standard InChI is InChI=1S/C36H27B5O/c37-32-31(33(38)35(40)36(41)34(32)39)30-23-11-5-3-9-21(23)29(22-10-4-6-12-24(22)30)20-13-14-27-25(16-20)26-15-18-7-1-2-8-19(18)17-28(26)42-27/h1-17H,37-41H2. The Kier molecular flexibility index (Phi) is 5.53. The van der Waals surface area contributed by atoms with Gasteiger partial charge in [-0.25, -0.2) is 0 Å². The van der Waals surface area contributed by atoms with E-state index < -0.39 is 0 Å². The second-order valence-electron chi connectivity index (χ2n) is 11.8. The molecule has 0 unspecified atom stereocenters. The summed E-state index contributed by atoms with van der Waals surface area (Å²) in [6, 6.07) is 37.6. The van der Waals surface area contributed by atoms with Crippen LogP contribution in [0.1, 0.15) is 0 Å². The maximum atomic E-state index is 6.36. The Balaban J connectivity index is 1.49. The highest BCUT2D eigenvalue weighted by Gasteiger charge is 2.21. The molecular weight excluding hydrogens is 502 g/mol. The fourth-order valence-corrected chi connectivity index (χ4v) is 7.20. The first-order chi connectivity index (χ1) is 20.4. The van der Waals surface area contributed by atoms with Crippen LogP contribution in [0.3, 0.4) is 0 Å². The lowest BCUT2D eigenvalue weighted by molar-refractivity contribution is 0.669. The number of rotatable bonds is 2. The van der Waals surface area contributed by atoms with E-state index in [-0.39, 0.29) is 0 Å². The second kappa shape index (κ2) is 9.23. The lowest BCUT2D eigenvalue weighted by atomic mass is 9.59. The van der Waals surface area contributed by atoms with Gasteiger partial charge in [-0.15, -0.1) is 16.4 Å². The van der Waals surface area contributed by atoms with Crippen LogP contribution < -0.4 is 27.3 Å². The van der Waals surface area contributed by atoms with Gasteiger partial charge in [-0.3, -0.25) is 0 Å². The van der Waals surface area contributed by atoms with Crippen LogP contribution in [-0.4, -0.2) is 39.2 Å². The maximum Gasteiger partial charge on any atom is 0.139 e. The van der Waals surface area contributed by atoms with Crippen molar-refractivity contribution in [3.63, 3.8) is 0 Å². The summed E-state index contributed by atoms with van der Waals surface area (Å²) in [6.07, 6.45) is 0. The molecule has 42 heavy (non-hydrogen) atoms. The molecule has 0 saturated heterocycles. The summed E-state index contributed by atoms with van der Waals surface area (Å²) < 4.78 is 6.36. The lowest BCUT2D eigenvalue weighted by Crippen LogP contribution is -2.55. The highest BCUT2D eigenvalue weighted by Crippen LogP contribution is 2.44. The Morgan fingerprint density at radius 3 is 1.43 bits per heavy atom. The molecule has 0 saturated carbocycles. The van der Waals surface area contributed by atoms with Crippen LogP contribution in [0.2, 0.25) is 0 Å². The van der Waals surface area contributed by atoms with Crippen LogP contribution in [0, 0.1) is 0 Å². The molecule has 0 fully saturated rings. The molecule has 1 heterocycles. The van der Waals surface area contributed by atoms with Gasteiger partial charge in [0.15, 0.2) is 0 Å². The minimum Gasteiger partial charge on any atom is -0.456 e. The summed E-state index contributed by atoms with van der Waals surface area (Å²) in [5.41, 5.74) is 14.0. The Bertz CT molecular complexity index is 2340. The van der Waals surface area contributed by atoms with Crippen LogP contribution in [0.4, 0.5) is 0 Å². The van der Waals surface area contributed by atoms with Gasteiger partial charge in [0.1, 0.15) is 50.4 Å². The van der Waals surface area contributed by atoms with Gasteiger partial charge in [0.2, 0.25) is 0 Å². The smallest absolute Gasteiger partial charge is 0.139 e. The van der Waals surface area contributed by atoms with Gasteiger partial charge >= 0.3 is 0 Å². The second-order valence-corrected chi connectivity index (χ2v) is 11.8. The fraction of sp³-hybridized carbons (Fsp3) is 0. The van der Waals surface area contributed by atoms with Crippen molar-refractivity contribution >= 4 is 121 Å².